The van der Waals surface area contributed by atoms with Crippen molar-refractivity contribution in [2.45, 2.75) is 50.5 Å². The van der Waals surface area contributed by atoms with Crippen molar-refractivity contribution in [2.24, 2.45) is 5.92 Å². The van der Waals surface area contributed by atoms with Crippen molar-refractivity contribution in [3.05, 3.63) is 35.4 Å². The van der Waals surface area contributed by atoms with E-state index in [0.717, 1.165) is 24.8 Å². The molecule has 6 nitrogen and oxygen atoms in total. The van der Waals surface area contributed by atoms with Gasteiger partial charge in [0.05, 0.1) is 25.3 Å². The van der Waals surface area contributed by atoms with Gasteiger partial charge >= 0.3 is 0 Å². The van der Waals surface area contributed by atoms with E-state index in [-0.39, 0.29) is 42.0 Å². The molecule has 3 fully saturated rings. The van der Waals surface area contributed by atoms with E-state index in [9.17, 15) is 9.59 Å². The van der Waals surface area contributed by atoms with E-state index < -0.39 is 0 Å². The molecule has 0 bridgehead atoms. The maximum atomic E-state index is 12.5. The van der Waals surface area contributed by atoms with Crippen LogP contribution in [-0.4, -0.2) is 49.3 Å². The lowest BCUT2D eigenvalue weighted by molar-refractivity contribution is -0.123. The molecule has 0 aromatic heterocycles. The van der Waals surface area contributed by atoms with Crippen molar-refractivity contribution in [1.82, 2.24) is 10.6 Å². The monoisotopic (exact) mass is 344 g/mol. The Balaban J connectivity index is 1.36. The largest absolute Gasteiger partial charge is 0.371 e. The van der Waals surface area contributed by atoms with Crippen molar-refractivity contribution >= 4 is 11.8 Å². The standard InChI is InChI=1S/C19H24N2O4/c1-2-11-4-3-5-13(8-11)19(23)21-15-10-25-16-14(9-24-17(15)16)20-18(22)12-6-7-12/h3-5,8,12,14-17H,2,6-7,9-10H2,1H3,(H,20,22)(H,21,23)/t14-,15-,16+,17+/m0/s1. The number of hydrogen-bond donors (Lipinski definition) is 2. The number of aryl methyl sites for hydroxylation is 1. The minimum Gasteiger partial charge on any atom is -0.371 e. The summed E-state index contributed by atoms with van der Waals surface area (Å²) in [5.74, 6) is 0.155. The Morgan fingerprint density at radius 1 is 1.08 bits per heavy atom. The molecule has 1 saturated carbocycles. The molecule has 3 aliphatic rings. The van der Waals surface area contributed by atoms with E-state index in [0.29, 0.717) is 18.8 Å². The zero-order chi connectivity index (χ0) is 17.4. The van der Waals surface area contributed by atoms with Gasteiger partial charge in [-0.1, -0.05) is 19.1 Å². The van der Waals surface area contributed by atoms with Gasteiger partial charge in [0, 0.05) is 11.5 Å². The topological polar surface area (TPSA) is 76.7 Å². The fraction of sp³-hybridized carbons (Fsp3) is 0.579. The highest BCUT2D eigenvalue weighted by molar-refractivity contribution is 5.94. The maximum Gasteiger partial charge on any atom is 0.251 e. The zero-order valence-electron chi connectivity index (χ0n) is 14.4. The molecule has 2 heterocycles. The second-order valence-electron chi connectivity index (χ2n) is 7.12. The van der Waals surface area contributed by atoms with E-state index in [1.54, 1.807) is 0 Å². The Morgan fingerprint density at radius 3 is 2.40 bits per heavy atom. The molecule has 1 aromatic rings. The molecule has 0 unspecified atom stereocenters. The first-order valence-corrected chi connectivity index (χ1v) is 9.09. The van der Waals surface area contributed by atoms with E-state index in [1.807, 2.05) is 24.3 Å². The molecule has 25 heavy (non-hydrogen) atoms. The smallest absolute Gasteiger partial charge is 0.251 e. The van der Waals surface area contributed by atoms with Crippen LogP contribution in [0.1, 0.15) is 35.7 Å². The van der Waals surface area contributed by atoms with Gasteiger partial charge in [-0.2, -0.15) is 0 Å². The summed E-state index contributed by atoms with van der Waals surface area (Å²) in [6.45, 7) is 2.91. The summed E-state index contributed by atoms with van der Waals surface area (Å²) < 4.78 is 11.7. The number of rotatable bonds is 5. The number of nitrogens with one attached hydrogen (secondary N) is 2. The molecule has 0 spiro atoms. The lowest BCUT2D eigenvalue weighted by atomic mass is 10.0. The summed E-state index contributed by atoms with van der Waals surface area (Å²) in [6, 6.07) is 7.33. The third-order valence-electron chi connectivity index (χ3n) is 5.24. The highest BCUT2D eigenvalue weighted by Crippen LogP contribution is 2.31. The first-order chi connectivity index (χ1) is 12.2. The molecule has 2 amide bonds. The number of benzene rings is 1. The predicted octanol–water partition coefficient (Wildman–Crippen LogP) is 1.04. The summed E-state index contributed by atoms with van der Waals surface area (Å²) in [5, 5.41) is 6.06. The molecule has 4 rings (SSSR count). The normalized spacial score (nSPS) is 30.8. The molecule has 2 saturated heterocycles. The van der Waals surface area contributed by atoms with Crippen LogP contribution in [-0.2, 0) is 20.7 Å². The van der Waals surface area contributed by atoms with Crippen LogP contribution in [0.2, 0.25) is 0 Å². The third-order valence-corrected chi connectivity index (χ3v) is 5.24. The maximum absolute atomic E-state index is 12.5. The van der Waals surface area contributed by atoms with Gasteiger partial charge in [0.1, 0.15) is 12.2 Å². The zero-order valence-corrected chi connectivity index (χ0v) is 14.4. The van der Waals surface area contributed by atoms with Gasteiger partial charge in [0.2, 0.25) is 5.91 Å². The number of carbonyl (C=O) groups excluding carboxylic acids is 2. The molecule has 0 radical (unpaired) electrons. The second kappa shape index (κ2) is 6.77. The Hall–Kier alpha value is -1.92. The number of ether oxygens (including phenoxy) is 2. The van der Waals surface area contributed by atoms with Gasteiger partial charge in [-0.05, 0) is 37.0 Å². The minimum atomic E-state index is -0.206. The molecule has 1 aromatic carbocycles. The summed E-state index contributed by atoms with van der Waals surface area (Å²) in [7, 11) is 0. The van der Waals surface area contributed by atoms with E-state index in [2.05, 4.69) is 17.6 Å². The molecule has 4 atom stereocenters. The summed E-state index contributed by atoms with van der Waals surface area (Å²) in [4.78, 5) is 24.5. The predicted molar refractivity (Wildman–Crippen MR) is 91.2 cm³/mol. The molecular weight excluding hydrogens is 320 g/mol. The Kier molecular flexibility index (Phi) is 4.48. The van der Waals surface area contributed by atoms with Gasteiger partial charge in [-0.15, -0.1) is 0 Å². The number of carbonyl (C=O) groups is 2. The summed E-state index contributed by atoms with van der Waals surface area (Å²) in [5.41, 5.74) is 1.78. The lowest BCUT2D eigenvalue weighted by Crippen LogP contribution is -2.47. The fourth-order valence-corrected chi connectivity index (χ4v) is 3.58. The number of hydrogen-bond acceptors (Lipinski definition) is 4. The van der Waals surface area contributed by atoms with Crippen LogP contribution in [0.4, 0.5) is 0 Å². The molecule has 6 heteroatoms. The minimum absolute atomic E-state index is 0.0988. The number of fused-ring (bicyclic) bond motifs is 1. The average Bonchev–Trinajstić information content (AvgIpc) is 3.31. The first kappa shape index (κ1) is 16.5. The van der Waals surface area contributed by atoms with Crippen molar-refractivity contribution in [3.63, 3.8) is 0 Å². The molecular formula is C19H24N2O4. The van der Waals surface area contributed by atoms with Gasteiger partial charge in [0.15, 0.2) is 0 Å². The van der Waals surface area contributed by atoms with Crippen LogP contribution < -0.4 is 10.6 Å². The highest BCUT2D eigenvalue weighted by atomic mass is 16.6. The molecule has 2 aliphatic heterocycles. The highest BCUT2D eigenvalue weighted by Gasteiger charge is 2.49. The van der Waals surface area contributed by atoms with Crippen LogP contribution in [0.5, 0.6) is 0 Å². The molecule has 1 aliphatic carbocycles. The molecule has 2 N–H and O–H groups in total. The van der Waals surface area contributed by atoms with Gasteiger partial charge in [-0.3, -0.25) is 9.59 Å². The Labute approximate surface area is 147 Å². The summed E-state index contributed by atoms with van der Waals surface area (Å²) in [6.07, 6.45) is 2.45. The van der Waals surface area contributed by atoms with Crippen molar-refractivity contribution < 1.29 is 19.1 Å². The van der Waals surface area contributed by atoms with Crippen molar-refractivity contribution in [1.29, 1.82) is 0 Å². The number of amides is 2. The first-order valence-electron chi connectivity index (χ1n) is 9.09. The fourth-order valence-electron chi connectivity index (χ4n) is 3.58. The molecule has 134 valence electrons. The summed E-state index contributed by atoms with van der Waals surface area (Å²) >= 11 is 0. The lowest BCUT2D eigenvalue weighted by Gasteiger charge is -2.18. The third kappa shape index (κ3) is 3.41. The van der Waals surface area contributed by atoms with Crippen LogP contribution >= 0.6 is 0 Å². The Bertz CT molecular complexity index is 673. The average molecular weight is 344 g/mol. The van der Waals surface area contributed by atoms with Crippen LogP contribution in [0.15, 0.2) is 24.3 Å². The van der Waals surface area contributed by atoms with E-state index >= 15 is 0 Å². The second-order valence-corrected chi connectivity index (χ2v) is 7.12. The Morgan fingerprint density at radius 2 is 1.76 bits per heavy atom. The van der Waals surface area contributed by atoms with Crippen LogP contribution in [0, 0.1) is 5.92 Å². The van der Waals surface area contributed by atoms with Gasteiger partial charge < -0.3 is 20.1 Å². The van der Waals surface area contributed by atoms with E-state index in [1.165, 1.54) is 0 Å². The quantitative estimate of drug-likeness (QED) is 0.837. The van der Waals surface area contributed by atoms with Gasteiger partial charge in [0.25, 0.3) is 5.91 Å². The van der Waals surface area contributed by atoms with E-state index in [4.69, 9.17) is 9.47 Å². The van der Waals surface area contributed by atoms with Crippen LogP contribution in [0.3, 0.4) is 0 Å². The SMILES string of the molecule is CCc1cccc(C(=O)N[C@H]2CO[C@H]3[C@@H]2OC[C@@H]3NC(=O)C2CC2)c1. The van der Waals surface area contributed by atoms with Gasteiger partial charge in [-0.25, -0.2) is 0 Å². The van der Waals surface area contributed by atoms with Crippen molar-refractivity contribution in [3.8, 4) is 0 Å². The van der Waals surface area contributed by atoms with Crippen molar-refractivity contribution in [2.75, 3.05) is 13.2 Å². The van der Waals surface area contributed by atoms with Crippen LogP contribution in [0.25, 0.3) is 0 Å².